The Balaban J connectivity index is 0.747. The normalized spacial score (nSPS) is 9.38. The minimum absolute atomic E-state index is 0.871. The summed E-state index contributed by atoms with van der Waals surface area (Å²) in [6.45, 7) is 0. The molecule has 0 nitrogen and oxygen atoms in total. The summed E-state index contributed by atoms with van der Waals surface area (Å²) in [4.78, 5) is 0. The summed E-state index contributed by atoms with van der Waals surface area (Å²) < 4.78 is 0. The number of rotatable bonds is 0. The predicted octanol–water partition coefficient (Wildman–Crippen LogP) is 14.3. The van der Waals surface area contributed by atoms with Crippen molar-refractivity contribution < 1.29 is 0 Å². The average molecular weight is 979 g/mol. The van der Waals surface area contributed by atoms with Crippen molar-refractivity contribution in [3.8, 4) is 107 Å². The van der Waals surface area contributed by atoms with Crippen molar-refractivity contribution in [1.82, 2.24) is 0 Å². The lowest BCUT2D eigenvalue weighted by atomic mass is 10.1. The Hall–Kier alpha value is -11.8. The van der Waals surface area contributed by atoms with Crippen molar-refractivity contribution in [3.05, 3.63) is 355 Å². The van der Waals surface area contributed by atoms with Crippen LogP contribution in [-0.4, -0.2) is 0 Å². The Bertz CT molecular complexity index is 4190. The molecule has 10 aromatic carbocycles. The molecular formula is C78H42. The average Bonchev–Trinajstić information content (AvgIpc) is 3.50. The lowest BCUT2D eigenvalue weighted by Crippen LogP contribution is -1.83. The molecule has 0 aliphatic rings. The van der Waals surface area contributed by atoms with Gasteiger partial charge >= 0.3 is 0 Å². The minimum Gasteiger partial charge on any atom is -0.0622 e. The number of hydrogen-bond donors (Lipinski definition) is 0. The molecule has 0 heterocycles. The van der Waals surface area contributed by atoms with Gasteiger partial charge in [0.05, 0.1) is 0 Å². The standard InChI is InChI=1S/C78H42/c1-3-15-61(16-4-1)35-37-63-19-7-21-65(53-63)39-41-67-23-9-25-69(55-67)43-45-71-27-11-29-73(57-71)47-49-75-31-13-33-77(59-75)51-52-78-34-14-32-76(60-78)50-48-74-30-12-28-72(58-74)46-44-70-26-10-24-68(56-70)42-40-66-22-8-20-64(54-66)38-36-62-17-5-2-6-18-62/h1-34,53-60H. The van der Waals surface area contributed by atoms with Crippen LogP contribution in [0.15, 0.2) is 255 Å². The van der Waals surface area contributed by atoms with E-state index in [-0.39, 0.29) is 0 Å². The molecule has 10 aromatic rings. The van der Waals surface area contributed by atoms with E-state index in [0.717, 1.165) is 100 Å². The molecule has 0 aliphatic heterocycles. The van der Waals surface area contributed by atoms with E-state index < -0.39 is 0 Å². The molecule has 0 aromatic heterocycles. The van der Waals surface area contributed by atoms with Gasteiger partial charge in [0.15, 0.2) is 0 Å². The van der Waals surface area contributed by atoms with E-state index in [9.17, 15) is 0 Å². The Morgan fingerprint density at radius 3 is 0.333 bits per heavy atom. The first-order chi connectivity index (χ1) is 38.5. The highest BCUT2D eigenvalue weighted by molar-refractivity contribution is 5.57. The van der Waals surface area contributed by atoms with Crippen molar-refractivity contribution >= 4 is 0 Å². The topological polar surface area (TPSA) is 0 Å². The third kappa shape index (κ3) is 15.4. The molecule has 0 unspecified atom stereocenters. The van der Waals surface area contributed by atoms with E-state index in [1.807, 2.05) is 255 Å². The van der Waals surface area contributed by atoms with Crippen LogP contribution in [0.1, 0.15) is 100 Å². The zero-order valence-corrected chi connectivity index (χ0v) is 42.2. The van der Waals surface area contributed by atoms with Gasteiger partial charge in [-0.25, -0.2) is 0 Å². The van der Waals surface area contributed by atoms with E-state index in [0.29, 0.717) is 0 Å². The summed E-state index contributed by atoms with van der Waals surface area (Å²) in [5.41, 5.74) is 16.1. The smallest absolute Gasteiger partial charge is 0.0261 e. The van der Waals surface area contributed by atoms with Crippen molar-refractivity contribution in [2.24, 2.45) is 0 Å². The molecule has 354 valence electrons. The fraction of sp³-hybridized carbons (Fsp3) is 0. The van der Waals surface area contributed by atoms with Gasteiger partial charge in [-0.05, 0) is 170 Å². The van der Waals surface area contributed by atoms with E-state index >= 15 is 0 Å². The molecule has 0 atom stereocenters. The zero-order chi connectivity index (χ0) is 52.8. The van der Waals surface area contributed by atoms with Crippen LogP contribution in [0, 0.1) is 107 Å². The molecule has 10 rings (SSSR count). The van der Waals surface area contributed by atoms with Crippen LogP contribution in [0.5, 0.6) is 0 Å². The Kier molecular flexibility index (Phi) is 16.4. The Labute approximate surface area is 459 Å². The van der Waals surface area contributed by atoms with Crippen LogP contribution in [0.3, 0.4) is 0 Å². The second kappa shape index (κ2) is 25.8. The third-order valence-corrected chi connectivity index (χ3v) is 11.6. The fourth-order valence-corrected chi connectivity index (χ4v) is 7.74. The highest BCUT2D eigenvalue weighted by Gasteiger charge is 1.99. The van der Waals surface area contributed by atoms with Gasteiger partial charge in [-0.3, -0.25) is 0 Å². The molecule has 0 radical (unpaired) electrons. The van der Waals surface area contributed by atoms with Gasteiger partial charge in [-0.2, -0.15) is 0 Å². The molecular weight excluding hydrogens is 937 g/mol. The first kappa shape index (κ1) is 49.8. The molecule has 0 bridgehead atoms. The van der Waals surface area contributed by atoms with Crippen molar-refractivity contribution in [3.63, 3.8) is 0 Å². The molecule has 0 N–H and O–H groups in total. The Morgan fingerprint density at radius 2 is 0.205 bits per heavy atom. The summed E-state index contributed by atoms with van der Waals surface area (Å²) in [7, 11) is 0. The molecule has 78 heavy (non-hydrogen) atoms. The summed E-state index contributed by atoms with van der Waals surface area (Å²) >= 11 is 0. The molecule has 0 saturated heterocycles. The monoisotopic (exact) mass is 978 g/mol. The molecule has 0 aliphatic carbocycles. The maximum atomic E-state index is 3.31. The third-order valence-electron chi connectivity index (χ3n) is 11.6. The largest absolute Gasteiger partial charge is 0.0622 e. The van der Waals surface area contributed by atoms with Crippen LogP contribution in [0.4, 0.5) is 0 Å². The minimum atomic E-state index is 0.871. The highest BCUT2D eigenvalue weighted by Crippen LogP contribution is 2.13. The van der Waals surface area contributed by atoms with Gasteiger partial charge in [-0.15, -0.1) is 0 Å². The summed E-state index contributed by atoms with van der Waals surface area (Å²) in [5.74, 6) is 59.1. The molecule has 0 fully saturated rings. The lowest BCUT2D eigenvalue weighted by molar-refractivity contribution is 1.56. The molecule has 0 saturated carbocycles. The molecule has 0 spiro atoms. The van der Waals surface area contributed by atoms with E-state index in [1.165, 1.54) is 0 Å². The van der Waals surface area contributed by atoms with Crippen LogP contribution in [0.2, 0.25) is 0 Å². The second-order valence-electron chi connectivity index (χ2n) is 17.6. The molecule has 0 heteroatoms. The van der Waals surface area contributed by atoms with Gasteiger partial charge in [0.2, 0.25) is 0 Å². The first-order valence-corrected chi connectivity index (χ1v) is 25.1. The van der Waals surface area contributed by atoms with Crippen LogP contribution < -0.4 is 0 Å². The zero-order valence-electron chi connectivity index (χ0n) is 42.2. The van der Waals surface area contributed by atoms with Gasteiger partial charge < -0.3 is 0 Å². The van der Waals surface area contributed by atoms with Gasteiger partial charge in [0.1, 0.15) is 0 Å². The summed E-state index contributed by atoms with van der Waals surface area (Å²) in [6.07, 6.45) is 0. The SMILES string of the molecule is C(#Cc1cccc(C#Cc2cccc(C#Cc3cccc(C#Cc4cccc(C#Cc5cccc(C#Cc6cccc(C#Cc7cccc(C#Cc8cccc(C#Cc9ccccc9)c8)c7)c6)c5)c4)c3)c2)c1)c1ccccc1. The lowest BCUT2D eigenvalue weighted by Gasteiger charge is -1.96. The molecule has 0 amide bonds. The summed E-state index contributed by atoms with van der Waals surface area (Å²) in [6, 6.07) is 83.7. The van der Waals surface area contributed by atoms with Gasteiger partial charge in [0, 0.05) is 100 Å². The fourth-order valence-electron chi connectivity index (χ4n) is 7.74. The summed E-state index contributed by atoms with van der Waals surface area (Å²) in [5, 5.41) is 0. The Morgan fingerprint density at radius 1 is 0.103 bits per heavy atom. The maximum Gasteiger partial charge on any atom is 0.0261 e. The van der Waals surface area contributed by atoms with Crippen molar-refractivity contribution in [2.45, 2.75) is 0 Å². The van der Waals surface area contributed by atoms with Crippen molar-refractivity contribution in [1.29, 1.82) is 0 Å². The van der Waals surface area contributed by atoms with Crippen LogP contribution >= 0.6 is 0 Å². The van der Waals surface area contributed by atoms with Crippen LogP contribution in [-0.2, 0) is 0 Å². The first-order valence-electron chi connectivity index (χ1n) is 25.1. The van der Waals surface area contributed by atoms with Crippen LogP contribution in [0.25, 0.3) is 0 Å². The van der Waals surface area contributed by atoms with E-state index in [1.54, 1.807) is 0 Å². The second-order valence-corrected chi connectivity index (χ2v) is 17.6. The van der Waals surface area contributed by atoms with Gasteiger partial charge in [-0.1, -0.05) is 191 Å². The van der Waals surface area contributed by atoms with E-state index in [4.69, 9.17) is 0 Å². The number of benzene rings is 10. The van der Waals surface area contributed by atoms with Crippen molar-refractivity contribution in [2.75, 3.05) is 0 Å². The van der Waals surface area contributed by atoms with Gasteiger partial charge in [0.25, 0.3) is 0 Å². The maximum absolute atomic E-state index is 3.31. The predicted molar refractivity (Wildman–Crippen MR) is 318 cm³/mol. The quantitative estimate of drug-likeness (QED) is 0.133. The number of hydrogen-bond acceptors (Lipinski definition) is 0. The highest BCUT2D eigenvalue weighted by atomic mass is 14.0. The van der Waals surface area contributed by atoms with E-state index in [2.05, 4.69) is 107 Å².